The van der Waals surface area contributed by atoms with Crippen molar-refractivity contribution in [3.63, 3.8) is 0 Å². The zero-order chi connectivity index (χ0) is 19.1. The monoisotopic (exact) mass is 347 g/mol. The molecule has 0 fully saturated rings. The average Bonchev–Trinajstić information content (AvgIpc) is 2.60. The van der Waals surface area contributed by atoms with Gasteiger partial charge in [-0.15, -0.1) is 0 Å². The topological polar surface area (TPSA) is 108 Å². The Morgan fingerprint density at radius 1 is 1.23 bits per heavy atom. The molecule has 0 unspecified atom stereocenters. The van der Waals surface area contributed by atoms with Gasteiger partial charge in [0.2, 0.25) is 5.91 Å². The van der Waals surface area contributed by atoms with Gasteiger partial charge in [-0.2, -0.15) is 5.26 Å². The van der Waals surface area contributed by atoms with Gasteiger partial charge in [-0.1, -0.05) is 24.3 Å². The molecule has 6 nitrogen and oxygen atoms in total. The maximum absolute atomic E-state index is 13.1. The van der Waals surface area contributed by atoms with E-state index in [0.717, 1.165) is 16.7 Å². The molecule has 2 atom stereocenters. The van der Waals surface area contributed by atoms with Crippen molar-refractivity contribution in [3.8, 4) is 6.07 Å². The molecule has 0 bridgehead atoms. The zero-order valence-electron chi connectivity index (χ0n) is 15.0. The van der Waals surface area contributed by atoms with Crippen molar-refractivity contribution in [2.45, 2.75) is 25.3 Å². The zero-order valence-corrected chi connectivity index (χ0v) is 15.0. The van der Waals surface area contributed by atoms with Crippen molar-refractivity contribution in [3.05, 3.63) is 64.7 Å². The largest absolute Gasteiger partial charge is 0.399 e. The maximum Gasteiger partial charge on any atom is 0.239 e. The van der Waals surface area contributed by atoms with Crippen molar-refractivity contribution in [1.29, 1.82) is 5.26 Å². The predicted octanol–water partition coefficient (Wildman–Crippen LogP) is 2.23. The van der Waals surface area contributed by atoms with Gasteiger partial charge < -0.3 is 11.5 Å². The van der Waals surface area contributed by atoms with Gasteiger partial charge in [-0.3, -0.25) is 9.69 Å². The predicted molar refractivity (Wildman–Crippen MR) is 101 cm³/mol. The molecule has 1 aliphatic heterocycles. The number of rotatable bonds is 2. The van der Waals surface area contributed by atoms with Gasteiger partial charge >= 0.3 is 0 Å². The Bertz CT molecular complexity index is 959. The lowest BCUT2D eigenvalue weighted by Gasteiger charge is -2.41. The van der Waals surface area contributed by atoms with E-state index in [1.165, 1.54) is 4.90 Å². The quantitative estimate of drug-likeness (QED) is 0.812. The summed E-state index contributed by atoms with van der Waals surface area (Å²) in [4.78, 5) is 19.2. The molecule has 1 aliphatic rings. The van der Waals surface area contributed by atoms with Crippen LogP contribution in [0.1, 0.15) is 35.1 Å². The van der Waals surface area contributed by atoms with Crippen molar-refractivity contribution in [1.82, 2.24) is 4.90 Å². The molecule has 0 radical (unpaired) electrons. The average molecular weight is 347 g/mol. The number of hydrogen-bond donors (Lipinski definition) is 2. The third kappa shape index (κ3) is 2.68. The number of aryl methyl sites for hydroxylation is 1. The van der Waals surface area contributed by atoms with Crippen molar-refractivity contribution in [2.24, 2.45) is 10.7 Å². The molecule has 0 saturated carbocycles. The molecule has 6 heteroatoms. The van der Waals surface area contributed by atoms with Gasteiger partial charge in [0.15, 0.2) is 5.96 Å². The number of aliphatic imine (C=N–C) groups is 1. The van der Waals surface area contributed by atoms with Gasteiger partial charge in [0, 0.05) is 12.7 Å². The molecule has 1 amide bonds. The lowest BCUT2D eigenvalue weighted by atomic mass is 9.74. The van der Waals surface area contributed by atoms with E-state index < -0.39 is 11.5 Å². The summed E-state index contributed by atoms with van der Waals surface area (Å²) in [6.45, 7) is 3.74. The first-order valence-corrected chi connectivity index (χ1v) is 8.27. The minimum Gasteiger partial charge on any atom is -0.399 e. The van der Waals surface area contributed by atoms with E-state index in [2.05, 4.69) is 11.1 Å². The number of amides is 1. The molecule has 0 aliphatic carbocycles. The van der Waals surface area contributed by atoms with E-state index in [0.29, 0.717) is 11.3 Å². The third-order valence-corrected chi connectivity index (χ3v) is 5.01. The van der Waals surface area contributed by atoms with Gasteiger partial charge in [0.1, 0.15) is 5.54 Å². The number of nitriles is 1. The van der Waals surface area contributed by atoms with E-state index in [1.54, 1.807) is 19.2 Å². The first-order chi connectivity index (χ1) is 12.3. The van der Waals surface area contributed by atoms with Crippen LogP contribution in [0.15, 0.2) is 47.5 Å². The lowest BCUT2D eigenvalue weighted by Crippen LogP contribution is -2.52. The van der Waals surface area contributed by atoms with Crippen LogP contribution in [-0.2, 0) is 10.3 Å². The molecular formula is C20H21N5O. The maximum atomic E-state index is 13.1. The lowest BCUT2D eigenvalue weighted by molar-refractivity contribution is -0.130. The minimum atomic E-state index is -0.899. The van der Waals surface area contributed by atoms with Crippen LogP contribution < -0.4 is 11.5 Å². The summed E-state index contributed by atoms with van der Waals surface area (Å²) in [6, 6.07) is 14.9. The number of guanidine groups is 1. The Hall–Kier alpha value is -3.33. The van der Waals surface area contributed by atoms with Crippen LogP contribution in [0, 0.1) is 18.3 Å². The second-order valence-corrected chi connectivity index (χ2v) is 6.76. The summed E-state index contributed by atoms with van der Waals surface area (Å²) >= 11 is 0. The smallest absolute Gasteiger partial charge is 0.239 e. The molecule has 0 aromatic heterocycles. The summed E-state index contributed by atoms with van der Waals surface area (Å²) < 4.78 is 0. The number of anilines is 1. The van der Waals surface area contributed by atoms with Crippen LogP contribution in [-0.4, -0.2) is 23.8 Å². The van der Waals surface area contributed by atoms with Crippen molar-refractivity contribution < 1.29 is 4.79 Å². The number of nitrogen functional groups attached to an aromatic ring is 1. The summed E-state index contributed by atoms with van der Waals surface area (Å²) in [7, 11) is 1.61. The van der Waals surface area contributed by atoms with Crippen molar-refractivity contribution >= 4 is 17.6 Å². The van der Waals surface area contributed by atoms with Crippen LogP contribution in [0.2, 0.25) is 0 Å². The summed E-state index contributed by atoms with van der Waals surface area (Å²) in [5.41, 5.74) is 14.7. The highest BCUT2D eigenvalue weighted by Gasteiger charge is 2.47. The van der Waals surface area contributed by atoms with Crippen LogP contribution in [0.25, 0.3) is 0 Å². The third-order valence-electron chi connectivity index (χ3n) is 5.01. The van der Waals surface area contributed by atoms with Crippen LogP contribution in [0.3, 0.4) is 0 Å². The highest BCUT2D eigenvalue weighted by Crippen LogP contribution is 2.44. The first-order valence-electron chi connectivity index (χ1n) is 8.27. The Labute approximate surface area is 152 Å². The molecular weight excluding hydrogens is 326 g/mol. The van der Waals surface area contributed by atoms with Gasteiger partial charge in [0.25, 0.3) is 0 Å². The number of carbonyl (C=O) groups is 1. The fourth-order valence-electron chi connectivity index (χ4n) is 3.47. The standard InChI is InChI=1S/C20H21N5O/c1-12-9-13(7-8-14(12)11-21)17-18(26)25(3)19(23)24-20(17,2)15-5-4-6-16(22)10-15/h4-10,17H,22H2,1-3H3,(H2,23,24)/t17-,20-/m1/s1. The van der Waals surface area contributed by atoms with Crippen LogP contribution in [0.5, 0.6) is 0 Å². The Kier molecular flexibility index (Phi) is 4.17. The Morgan fingerprint density at radius 3 is 2.58 bits per heavy atom. The molecule has 4 N–H and O–H groups in total. The highest BCUT2D eigenvalue weighted by molar-refractivity contribution is 6.02. The molecule has 0 spiro atoms. The SMILES string of the molecule is Cc1cc([C@@H]2C(=O)N(C)C(N)=N[C@]2(C)c2cccc(N)c2)ccc1C#N. The molecule has 132 valence electrons. The molecule has 2 aromatic rings. The number of nitrogens with two attached hydrogens (primary N) is 2. The van der Waals surface area contributed by atoms with E-state index in [-0.39, 0.29) is 11.9 Å². The number of benzene rings is 2. The molecule has 1 heterocycles. The number of hydrogen-bond acceptors (Lipinski definition) is 5. The number of likely N-dealkylation sites (N-methyl/N-ethyl adjacent to an activating group) is 1. The van der Waals surface area contributed by atoms with E-state index in [4.69, 9.17) is 11.5 Å². The van der Waals surface area contributed by atoms with Gasteiger partial charge in [0.05, 0.1) is 17.6 Å². The highest BCUT2D eigenvalue weighted by atomic mass is 16.2. The Balaban J connectivity index is 2.24. The summed E-state index contributed by atoms with van der Waals surface area (Å²) in [5, 5.41) is 9.18. The van der Waals surface area contributed by atoms with E-state index >= 15 is 0 Å². The van der Waals surface area contributed by atoms with E-state index in [1.807, 2.05) is 44.2 Å². The molecule has 3 rings (SSSR count). The summed E-state index contributed by atoms with van der Waals surface area (Å²) in [5.74, 6) is -0.555. The fourth-order valence-corrected chi connectivity index (χ4v) is 3.47. The van der Waals surface area contributed by atoms with Crippen LogP contribution in [0.4, 0.5) is 5.69 Å². The normalized spacial score (nSPS) is 22.7. The first kappa shape index (κ1) is 17.5. The van der Waals surface area contributed by atoms with Crippen molar-refractivity contribution in [2.75, 3.05) is 12.8 Å². The van der Waals surface area contributed by atoms with E-state index in [9.17, 15) is 10.1 Å². The second kappa shape index (κ2) is 6.19. The summed E-state index contributed by atoms with van der Waals surface area (Å²) in [6.07, 6.45) is 0. The van der Waals surface area contributed by atoms with Gasteiger partial charge in [-0.05, 0) is 48.7 Å². The minimum absolute atomic E-state index is 0.147. The van der Waals surface area contributed by atoms with Crippen LogP contribution >= 0.6 is 0 Å². The number of nitrogens with zero attached hydrogens (tertiary/aromatic N) is 3. The second-order valence-electron chi connectivity index (χ2n) is 6.76. The fraction of sp³-hybridized carbons (Fsp3) is 0.250. The van der Waals surface area contributed by atoms with Gasteiger partial charge in [-0.25, -0.2) is 4.99 Å². The molecule has 2 aromatic carbocycles. The molecule has 26 heavy (non-hydrogen) atoms. The number of carbonyl (C=O) groups excluding carboxylic acids is 1. The Morgan fingerprint density at radius 2 is 1.96 bits per heavy atom. The molecule has 0 saturated heterocycles.